The lowest BCUT2D eigenvalue weighted by molar-refractivity contribution is -0.142. The smallest absolute Gasteiger partial charge is 0.326 e. The summed E-state index contributed by atoms with van der Waals surface area (Å²) in [6.45, 7) is 0.975. The summed E-state index contributed by atoms with van der Waals surface area (Å²) in [5, 5.41) is 25.4. The third-order valence-electron chi connectivity index (χ3n) is 5.29. The fourth-order valence-corrected chi connectivity index (χ4v) is 3.23. The maximum Gasteiger partial charge on any atom is 0.326 e. The molecule has 0 unspecified atom stereocenters. The molecule has 0 aromatic carbocycles. The van der Waals surface area contributed by atoms with Crippen LogP contribution in [-0.4, -0.2) is 85.9 Å². The first-order valence-electron chi connectivity index (χ1n) is 12.6. The van der Waals surface area contributed by atoms with Crippen molar-refractivity contribution in [3.63, 3.8) is 0 Å². The molecule has 12 heteroatoms. The fraction of sp³-hybridized carbons (Fsp3) is 0.792. The summed E-state index contributed by atoms with van der Waals surface area (Å²) in [7, 11) is 1.51. The van der Waals surface area contributed by atoms with Crippen LogP contribution in [0.2, 0.25) is 0 Å². The van der Waals surface area contributed by atoms with Crippen molar-refractivity contribution in [2.75, 3.05) is 40.0 Å². The highest BCUT2D eigenvalue weighted by Gasteiger charge is 2.20. The minimum Gasteiger partial charge on any atom is -0.481 e. The van der Waals surface area contributed by atoms with Crippen LogP contribution in [0.4, 0.5) is 0 Å². The molecule has 0 rings (SSSR count). The molecular formula is C24H43N3O9. The Bertz CT molecular complexity index is 659. The molecule has 0 aliphatic rings. The van der Waals surface area contributed by atoms with Crippen LogP contribution in [0.5, 0.6) is 0 Å². The number of carboxylic acid groups (broad SMARTS) is 2. The standard InChI is InChI=1S/C24H43N3O9/c1-25-22(30)18-36-17-16-35-15-14-26-20(28)13-12-19(24(33)34)27-21(29)10-8-6-4-2-3-5-7-9-11-23(31)32/h19H,2-18H2,1H3,(H,25,30)(H,26,28)(H,27,29)(H,31,32)(H,33,34)/t19-/m0/s1. The number of hydrogen-bond acceptors (Lipinski definition) is 7. The van der Waals surface area contributed by atoms with Crippen LogP contribution in [0.1, 0.15) is 77.0 Å². The molecule has 0 saturated heterocycles. The van der Waals surface area contributed by atoms with Crippen LogP contribution >= 0.6 is 0 Å². The van der Waals surface area contributed by atoms with Gasteiger partial charge >= 0.3 is 11.9 Å². The van der Waals surface area contributed by atoms with Gasteiger partial charge in [-0.05, 0) is 19.3 Å². The minimum absolute atomic E-state index is 0.0109. The second-order valence-corrected chi connectivity index (χ2v) is 8.41. The molecule has 0 saturated carbocycles. The summed E-state index contributed by atoms with van der Waals surface area (Å²) in [6, 6.07) is -1.12. The zero-order valence-electron chi connectivity index (χ0n) is 21.4. The summed E-state index contributed by atoms with van der Waals surface area (Å²) in [6.07, 6.45) is 7.58. The van der Waals surface area contributed by atoms with Crippen molar-refractivity contribution < 1.29 is 43.7 Å². The maximum absolute atomic E-state index is 12.1. The second kappa shape index (κ2) is 22.7. The van der Waals surface area contributed by atoms with E-state index in [1.807, 2.05) is 0 Å². The van der Waals surface area contributed by atoms with E-state index in [0.29, 0.717) is 12.8 Å². The van der Waals surface area contributed by atoms with Crippen molar-refractivity contribution in [2.24, 2.45) is 0 Å². The van der Waals surface area contributed by atoms with E-state index in [1.54, 1.807) is 0 Å². The predicted octanol–water partition coefficient (Wildman–Crippen LogP) is 1.22. The Balaban J connectivity index is 3.79. The lowest BCUT2D eigenvalue weighted by Crippen LogP contribution is -2.41. The molecule has 0 aromatic heterocycles. The van der Waals surface area contributed by atoms with Gasteiger partial charge in [-0.25, -0.2) is 4.79 Å². The molecule has 0 aliphatic carbocycles. The third-order valence-corrected chi connectivity index (χ3v) is 5.29. The number of aliphatic carboxylic acids is 2. The number of carbonyl (C=O) groups is 5. The van der Waals surface area contributed by atoms with Crippen molar-refractivity contribution >= 4 is 29.7 Å². The highest BCUT2D eigenvalue weighted by molar-refractivity contribution is 5.84. The molecule has 12 nitrogen and oxygen atoms in total. The fourth-order valence-electron chi connectivity index (χ4n) is 3.23. The molecule has 0 bridgehead atoms. The van der Waals surface area contributed by atoms with Crippen molar-refractivity contribution in [3.8, 4) is 0 Å². The monoisotopic (exact) mass is 517 g/mol. The van der Waals surface area contributed by atoms with Crippen LogP contribution in [0.15, 0.2) is 0 Å². The zero-order valence-corrected chi connectivity index (χ0v) is 21.4. The number of nitrogens with one attached hydrogen (secondary N) is 3. The summed E-state index contributed by atoms with van der Waals surface area (Å²) >= 11 is 0. The van der Waals surface area contributed by atoms with E-state index < -0.39 is 18.0 Å². The molecule has 0 spiro atoms. The van der Waals surface area contributed by atoms with E-state index in [4.69, 9.17) is 14.6 Å². The van der Waals surface area contributed by atoms with Crippen molar-refractivity contribution in [1.82, 2.24) is 16.0 Å². The molecule has 0 aliphatic heterocycles. The number of rotatable bonds is 24. The van der Waals surface area contributed by atoms with Gasteiger partial charge in [-0.2, -0.15) is 0 Å². The molecule has 5 N–H and O–H groups in total. The highest BCUT2D eigenvalue weighted by atomic mass is 16.5. The van der Waals surface area contributed by atoms with Gasteiger partial charge in [0.1, 0.15) is 12.6 Å². The number of ether oxygens (including phenoxy) is 2. The number of hydrogen-bond donors (Lipinski definition) is 5. The van der Waals surface area contributed by atoms with E-state index in [2.05, 4.69) is 16.0 Å². The summed E-state index contributed by atoms with van der Waals surface area (Å²) in [5.41, 5.74) is 0. The van der Waals surface area contributed by atoms with E-state index in [-0.39, 0.29) is 76.4 Å². The topological polar surface area (TPSA) is 180 Å². The van der Waals surface area contributed by atoms with Crippen molar-refractivity contribution in [1.29, 1.82) is 0 Å². The molecule has 0 radical (unpaired) electrons. The SMILES string of the molecule is CNC(=O)COCCOCCNC(=O)CC[C@H](NC(=O)CCCCCCCCCCC(=O)O)C(=O)O. The first kappa shape index (κ1) is 33.3. The Morgan fingerprint density at radius 2 is 1.28 bits per heavy atom. The molecule has 3 amide bonds. The van der Waals surface area contributed by atoms with Crippen molar-refractivity contribution in [3.05, 3.63) is 0 Å². The highest BCUT2D eigenvalue weighted by Crippen LogP contribution is 2.11. The minimum atomic E-state index is -1.18. The zero-order chi connectivity index (χ0) is 27.0. The number of unbranched alkanes of at least 4 members (excludes halogenated alkanes) is 7. The predicted molar refractivity (Wildman–Crippen MR) is 131 cm³/mol. The van der Waals surface area contributed by atoms with Gasteiger partial charge in [0.15, 0.2) is 0 Å². The van der Waals surface area contributed by atoms with Crippen molar-refractivity contribution in [2.45, 2.75) is 83.1 Å². The van der Waals surface area contributed by atoms with Gasteiger partial charge in [0.2, 0.25) is 17.7 Å². The first-order chi connectivity index (χ1) is 17.3. The summed E-state index contributed by atoms with van der Waals surface area (Å²) in [5.74, 6) is -2.85. The van der Waals surface area contributed by atoms with Crippen LogP contribution in [0.3, 0.4) is 0 Å². The van der Waals surface area contributed by atoms with E-state index in [1.165, 1.54) is 7.05 Å². The number of carboxylic acids is 2. The van der Waals surface area contributed by atoms with E-state index in [9.17, 15) is 29.1 Å². The quantitative estimate of drug-likeness (QED) is 0.118. The van der Waals surface area contributed by atoms with Gasteiger partial charge in [0.25, 0.3) is 0 Å². The lowest BCUT2D eigenvalue weighted by Gasteiger charge is -2.14. The second-order valence-electron chi connectivity index (χ2n) is 8.41. The molecule has 0 heterocycles. The Morgan fingerprint density at radius 1 is 0.694 bits per heavy atom. The molecule has 1 atom stereocenters. The van der Waals surface area contributed by atoms with Crippen LogP contribution in [-0.2, 0) is 33.4 Å². The Labute approximate surface area is 212 Å². The summed E-state index contributed by atoms with van der Waals surface area (Å²) < 4.78 is 10.3. The average molecular weight is 518 g/mol. The number of carbonyl (C=O) groups excluding carboxylic acids is 3. The van der Waals surface area contributed by atoms with E-state index in [0.717, 1.165) is 38.5 Å². The molecule has 0 aromatic rings. The van der Waals surface area contributed by atoms with Gasteiger partial charge in [-0.1, -0.05) is 38.5 Å². The first-order valence-corrected chi connectivity index (χ1v) is 12.6. The van der Waals surface area contributed by atoms with Gasteiger partial charge in [-0.15, -0.1) is 0 Å². The van der Waals surface area contributed by atoms with E-state index >= 15 is 0 Å². The van der Waals surface area contributed by atoms with Gasteiger partial charge < -0.3 is 35.6 Å². The van der Waals surface area contributed by atoms with Crippen LogP contribution in [0.25, 0.3) is 0 Å². The van der Waals surface area contributed by atoms with Crippen LogP contribution in [0, 0.1) is 0 Å². The normalized spacial score (nSPS) is 11.5. The molecular weight excluding hydrogens is 474 g/mol. The third kappa shape index (κ3) is 21.8. The average Bonchev–Trinajstić information content (AvgIpc) is 2.83. The Kier molecular flexibility index (Phi) is 21.0. The van der Waals surface area contributed by atoms with Crippen LogP contribution < -0.4 is 16.0 Å². The number of amides is 3. The molecule has 208 valence electrons. The number of likely N-dealkylation sites (N-methyl/N-ethyl adjacent to an activating group) is 1. The van der Waals surface area contributed by atoms with Gasteiger partial charge in [0, 0.05) is 32.9 Å². The maximum atomic E-state index is 12.1. The summed E-state index contributed by atoms with van der Waals surface area (Å²) in [4.78, 5) is 56.8. The Hall–Kier alpha value is -2.73. The molecule has 36 heavy (non-hydrogen) atoms. The molecule has 0 fully saturated rings. The largest absolute Gasteiger partial charge is 0.481 e. The lowest BCUT2D eigenvalue weighted by atomic mass is 10.1. The van der Waals surface area contributed by atoms with Gasteiger partial charge in [0.05, 0.1) is 19.8 Å². The Morgan fingerprint density at radius 3 is 1.86 bits per heavy atom. The van der Waals surface area contributed by atoms with Gasteiger partial charge in [-0.3, -0.25) is 19.2 Å².